The average Bonchev–Trinajstić information content (AvgIpc) is 2.70. The van der Waals surface area contributed by atoms with Crippen LogP contribution < -0.4 is 4.90 Å². The highest BCUT2D eigenvalue weighted by Gasteiger charge is 2.37. The van der Waals surface area contributed by atoms with E-state index < -0.39 is 16.7 Å². The maximum Gasteiger partial charge on any atom is 0.270 e. The lowest BCUT2D eigenvalue weighted by molar-refractivity contribution is -0.384. The van der Waals surface area contributed by atoms with E-state index in [0.717, 1.165) is 11.0 Å². The number of benzene rings is 2. The number of carbonyl (C=O) groups excluding carboxylic acids is 2. The molecule has 0 spiro atoms. The molecule has 6 nitrogen and oxygen atoms in total. The standard InChI is InChI=1S/C14H7ClN2O4/c15-8-2-1-3-9(6-8)16-13(18)11-5-4-10(17(20)21)7-12(11)14(16)19/h1-7H. The summed E-state index contributed by atoms with van der Waals surface area (Å²) < 4.78 is 0. The number of anilines is 1. The molecule has 2 amide bonds. The van der Waals surface area contributed by atoms with Crippen molar-refractivity contribution in [1.82, 2.24) is 0 Å². The highest BCUT2D eigenvalue weighted by Crippen LogP contribution is 2.31. The van der Waals surface area contributed by atoms with Crippen LogP contribution in [0.1, 0.15) is 20.7 Å². The molecular weight excluding hydrogens is 296 g/mol. The fourth-order valence-electron chi connectivity index (χ4n) is 2.19. The SMILES string of the molecule is O=C1c2ccc([N+](=O)[O-])cc2C(=O)N1c1cccc(Cl)c1. The van der Waals surface area contributed by atoms with Gasteiger partial charge in [0, 0.05) is 17.2 Å². The summed E-state index contributed by atoms with van der Waals surface area (Å²) in [5.74, 6) is -1.12. The number of hydrogen-bond donors (Lipinski definition) is 0. The summed E-state index contributed by atoms with van der Waals surface area (Å²) >= 11 is 5.86. The van der Waals surface area contributed by atoms with E-state index in [0.29, 0.717) is 10.7 Å². The number of nitrogens with zero attached hydrogens (tertiary/aromatic N) is 2. The summed E-state index contributed by atoms with van der Waals surface area (Å²) in [6.07, 6.45) is 0. The van der Waals surface area contributed by atoms with Crippen molar-refractivity contribution in [3.8, 4) is 0 Å². The molecule has 0 atom stereocenters. The molecule has 0 aliphatic carbocycles. The molecule has 1 aliphatic heterocycles. The van der Waals surface area contributed by atoms with Crippen molar-refractivity contribution in [2.45, 2.75) is 0 Å². The van der Waals surface area contributed by atoms with Gasteiger partial charge < -0.3 is 0 Å². The lowest BCUT2D eigenvalue weighted by Gasteiger charge is -2.13. The molecule has 104 valence electrons. The Hall–Kier alpha value is -2.73. The van der Waals surface area contributed by atoms with Gasteiger partial charge in [0.05, 0.1) is 21.7 Å². The van der Waals surface area contributed by atoms with Gasteiger partial charge in [-0.2, -0.15) is 0 Å². The summed E-state index contributed by atoms with van der Waals surface area (Å²) in [6.45, 7) is 0. The van der Waals surface area contributed by atoms with Crippen LogP contribution in [0.2, 0.25) is 5.02 Å². The first-order valence-corrected chi connectivity index (χ1v) is 6.29. The van der Waals surface area contributed by atoms with E-state index >= 15 is 0 Å². The van der Waals surface area contributed by atoms with E-state index in [4.69, 9.17) is 11.6 Å². The lowest BCUT2D eigenvalue weighted by Crippen LogP contribution is -2.29. The normalized spacial score (nSPS) is 13.5. The lowest BCUT2D eigenvalue weighted by atomic mass is 10.1. The highest BCUT2D eigenvalue weighted by molar-refractivity contribution is 6.35. The second kappa shape index (κ2) is 4.68. The minimum atomic E-state index is -0.611. The summed E-state index contributed by atoms with van der Waals surface area (Å²) in [4.78, 5) is 35.7. The Balaban J connectivity index is 2.10. The Kier molecular flexibility index (Phi) is 2.95. The van der Waals surface area contributed by atoms with E-state index in [9.17, 15) is 19.7 Å². The highest BCUT2D eigenvalue weighted by atomic mass is 35.5. The van der Waals surface area contributed by atoms with Gasteiger partial charge in [-0.15, -0.1) is 0 Å². The molecule has 0 fully saturated rings. The Labute approximate surface area is 123 Å². The molecule has 21 heavy (non-hydrogen) atoms. The Morgan fingerprint density at radius 2 is 1.71 bits per heavy atom. The van der Waals surface area contributed by atoms with Crippen molar-refractivity contribution in [3.05, 3.63) is 68.7 Å². The van der Waals surface area contributed by atoms with Gasteiger partial charge in [-0.05, 0) is 24.3 Å². The largest absolute Gasteiger partial charge is 0.270 e. The zero-order chi connectivity index (χ0) is 15.1. The first-order valence-electron chi connectivity index (χ1n) is 5.92. The van der Waals surface area contributed by atoms with Crippen molar-refractivity contribution >= 4 is 34.8 Å². The van der Waals surface area contributed by atoms with Crippen molar-refractivity contribution in [1.29, 1.82) is 0 Å². The molecule has 0 saturated carbocycles. The van der Waals surface area contributed by atoms with Crippen LogP contribution in [0.4, 0.5) is 11.4 Å². The third-order valence-electron chi connectivity index (χ3n) is 3.15. The van der Waals surface area contributed by atoms with Crippen LogP contribution in [0.3, 0.4) is 0 Å². The zero-order valence-electron chi connectivity index (χ0n) is 10.4. The summed E-state index contributed by atoms with van der Waals surface area (Å²) in [6, 6.07) is 9.89. The van der Waals surface area contributed by atoms with Gasteiger partial charge >= 0.3 is 0 Å². The van der Waals surface area contributed by atoms with E-state index in [2.05, 4.69) is 0 Å². The number of carbonyl (C=O) groups is 2. The summed E-state index contributed by atoms with van der Waals surface area (Å²) in [5.41, 5.74) is 0.263. The number of fused-ring (bicyclic) bond motifs is 1. The molecule has 2 aromatic carbocycles. The van der Waals surface area contributed by atoms with Gasteiger partial charge in [0.15, 0.2) is 0 Å². The molecule has 1 heterocycles. The van der Waals surface area contributed by atoms with Gasteiger partial charge in [-0.1, -0.05) is 17.7 Å². The van der Waals surface area contributed by atoms with Crippen molar-refractivity contribution in [2.75, 3.05) is 4.90 Å². The van der Waals surface area contributed by atoms with Gasteiger partial charge in [0.2, 0.25) is 0 Å². The van der Waals surface area contributed by atoms with Crippen LogP contribution in [-0.2, 0) is 0 Å². The van der Waals surface area contributed by atoms with E-state index in [1.165, 1.54) is 18.2 Å². The third kappa shape index (κ3) is 2.05. The molecule has 0 bridgehead atoms. The Morgan fingerprint density at radius 1 is 1.00 bits per heavy atom. The van der Waals surface area contributed by atoms with Crippen LogP contribution in [0.25, 0.3) is 0 Å². The molecule has 2 aromatic rings. The minimum absolute atomic E-state index is 0.0224. The second-order valence-electron chi connectivity index (χ2n) is 4.41. The molecule has 0 radical (unpaired) electrons. The number of amides is 2. The van der Waals surface area contributed by atoms with Gasteiger partial charge in [0.1, 0.15) is 0 Å². The molecule has 0 aromatic heterocycles. The van der Waals surface area contributed by atoms with E-state index in [-0.39, 0.29) is 16.8 Å². The van der Waals surface area contributed by atoms with Crippen LogP contribution in [0.15, 0.2) is 42.5 Å². The molecule has 1 aliphatic rings. The van der Waals surface area contributed by atoms with E-state index in [1.807, 2.05) is 0 Å². The first kappa shape index (κ1) is 13.3. The first-order chi connectivity index (χ1) is 9.99. The van der Waals surface area contributed by atoms with Gasteiger partial charge in [-0.25, -0.2) is 4.90 Å². The number of rotatable bonds is 2. The quantitative estimate of drug-likeness (QED) is 0.485. The van der Waals surface area contributed by atoms with Crippen molar-refractivity contribution in [2.24, 2.45) is 0 Å². The number of imide groups is 1. The molecule has 0 N–H and O–H groups in total. The predicted octanol–water partition coefficient (Wildman–Crippen LogP) is 3.05. The topological polar surface area (TPSA) is 80.5 Å². The second-order valence-corrected chi connectivity index (χ2v) is 4.85. The number of halogens is 1. The molecule has 0 unspecified atom stereocenters. The maximum atomic E-state index is 12.3. The minimum Gasteiger partial charge on any atom is -0.268 e. The fraction of sp³-hybridized carbons (Fsp3) is 0. The van der Waals surface area contributed by atoms with Crippen molar-refractivity contribution < 1.29 is 14.5 Å². The zero-order valence-corrected chi connectivity index (χ0v) is 11.2. The smallest absolute Gasteiger partial charge is 0.268 e. The molecular formula is C14H7ClN2O4. The Morgan fingerprint density at radius 3 is 2.38 bits per heavy atom. The number of nitro groups is 1. The van der Waals surface area contributed by atoms with Gasteiger partial charge in [0.25, 0.3) is 17.5 Å². The molecule has 7 heteroatoms. The Bertz CT molecular complexity index is 803. The maximum absolute atomic E-state index is 12.3. The number of hydrogen-bond acceptors (Lipinski definition) is 4. The van der Waals surface area contributed by atoms with Crippen molar-refractivity contribution in [3.63, 3.8) is 0 Å². The monoisotopic (exact) mass is 302 g/mol. The van der Waals surface area contributed by atoms with Crippen LogP contribution in [-0.4, -0.2) is 16.7 Å². The fourth-order valence-corrected chi connectivity index (χ4v) is 2.38. The number of non-ortho nitro benzene ring substituents is 1. The van der Waals surface area contributed by atoms with E-state index in [1.54, 1.807) is 18.2 Å². The molecule has 3 rings (SSSR count). The number of nitro benzene ring substituents is 1. The van der Waals surface area contributed by atoms with Crippen LogP contribution in [0, 0.1) is 10.1 Å². The van der Waals surface area contributed by atoms with Crippen LogP contribution >= 0.6 is 11.6 Å². The third-order valence-corrected chi connectivity index (χ3v) is 3.38. The van der Waals surface area contributed by atoms with Gasteiger partial charge in [-0.3, -0.25) is 19.7 Å². The summed E-state index contributed by atoms with van der Waals surface area (Å²) in [7, 11) is 0. The predicted molar refractivity (Wildman–Crippen MR) is 75.7 cm³/mol. The van der Waals surface area contributed by atoms with Crippen LogP contribution in [0.5, 0.6) is 0 Å². The molecule has 0 saturated heterocycles. The summed E-state index contributed by atoms with van der Waals surface area (Å²) in [5, 5.41) is 11.1. The average molecular weight is 303 g/mol.